The highest BCUT2D eigenvalue weighted by Gasteiger charge is 2.32. The Morgan fingerprint density at radius 1 is 1.03 bits per heavy atom. The zero-order valence-electron chi connectivity index (χ0n) is 17.0. The van der Waals surface area contributed by atoms with Gasteiger partial charge in [-0.05, 0) is 48.5 Å². The highest BCUT2D eigenvalue weighted by atomic mass is 19.4. The molecule has 0 radical (unpaired) electrons. The van der Waals surface area contributed by atoms with E-state index in [9.17, 15) is 22.8 Å². The molecule has 3 aromatic rings. The van der Waals surface area contributed by atoms with Crippen molar-refractivity contribution in [2.24, 2.45) is 5.10 Å². The van der Waals surface area contributed by atoms with Crippen LogP contribution in [-0.4, -0.2) is 23.8 Å². The van der Waals surface area contributed by atoms with Crippen molar-refractivity contribution in [3.8, 4) is 11.5 Å². The zero-order valence-corrected chi connectivity index (χ0v) is 17.0. The number of pyridine rings is 1. The molecule has 2 amide bonds. The van der Waals surface area contributed by atoms with E-state index in [1.165, 1.54) is 23.3 Å². The van der Waals surface area contributed by atoms with Crippen LogP contribution in [0.4, 0.5) is 35.0 Å². The Bertz CT molecular complexity index is 1240. The Morgan fingerprint density at radius 3 is 2.48 bits per heavy atom. The highest BCUT2D eigenvalue weighted by Crippen LogP contribution is 2.36. The van der Waals surface area contributed by atoms with Gasteiger partial charge in [0.2, 0.25) is 0 Å². The first kappa shape index (κ1) is 21.9. The fourth-order valence-electron chi connectivity index (χ4n) is 3.13. The molecule has 33 heavy (non-hydrogen) atoms. The number of carbonyl (C=O) groups excluding carboxylic acids is 1. The van der Waals surface area contributed by atoms with Crippen molar-refractivity contribution in [3.05, 3.63) is 76.7 Å². The number of hydrogen-bond acceptors (Lipinski definition) is 5. The number of urea groups is 1. The molecule has 1 aromatic heterocycles. The first-order chi connectivity index (χ1) is 15.8. The number of hydrazone groups is 1. The van der Waals surface area contributed by atoms with Gasteiger partial charge >= 0.3 is 12.2 Å². The minimum absolute atomic E-state index is 0.0179. The molecule has 2 heterocycles. The minimum atomic E-state index is -4.56. The number of halogens is 3. The third-order valence-electron chi connectivity index (χ3n) is 4.64. The molecule has 3 N–H and O–H groups in total. The maximum atomic E-state index is 13.2. The van der Waals surface area contributed by atoms with Gasteiger partial charge in [-0.2, -0.15) is 18.3 Å². The smallest absolute Gasteiger partial charge is 0.416 e. The minimum Gasteiger partial charge on any atom is -0.457 e. The molecular weight excluding hydrogens is 439 g/mol. The second-order valence-electron chi connectivity index (χ2n) is 7.03. The molecule has 0 saturated carbocycles. The average molecular weight is 457 g/mol. The Kier molecular flexibility index (Phi) is 6.03. The summed E-state index contributed by atoms with van der Waals surface area (Å²) < 4.78 is 45.1. The Morgan fingerprint density at radius 2 is 1.82 bits per heavy atom. The number of aromatic nitrogens is 1. The zero-order chi connectivity index (χ0) is 23.4. The van der Waals surface area contributed by atoms with Crippen molar-refractivity contribution in [2.75, 3.05) is 22.2 Å². The van der Waals surface area contributed by atoms with E-state index < -0.39 is 17.8 Å². The van der Waals surface area contributed by atoms with Crippen LogP contribution in [0.1, 0.15) is 12.0 Å². The summed E-state index contributed by atoms with van der Waals surface area (Å²) in [7, 11) is 0. The van der Waals surface area contributed by atoms with E-state index in [0.29, 0.717) is 35.8 Å². The fraction of sp³-hybridized carbons (Fsp3) is 0.136. The second-order valence-corrected chi connectivity index (χ2v) is 7.03. The molecule has 0 spiro atoms. The number of ether oxygens (including phenoxy) is 1. The molecule has 0 saturated heterocycles. The number of nitrogens with zero attached hydrogens (tertiary/aromatic N) is 2. The SMILES string of the molecule is O=C(Nc1ccc(Oc2cc[nH]c(=O)c2)cc1)Nc1cc(C(F)(F)F)ccc1N1CCC=N1. The summed E-state index contributed by atoms with van der Waals surface area (Å²) in [5.41, 5.74) is -0.468. The van der Waals surface area contributed by atoms with Crippen LogP contribution in [0.25, 0.3) is 0 Å². The summed E-state index contributed by atoms with van der Waals surface area (Å²) in [5, 5.41) is 10.7. The second kappa shape index (κ2) is 9.07. The molecule has 4 rings (SSSR count). The number of benzene rings is 2. The van der Waals surface area contributed by atoms with Gasteiger partial charge in [0, 0.05) is 37.1 Å². The normalized spacial score (nSPS) is 13.1. The van der Waals surface area contributed by atoms with Gasteiger partial charge in [0.1, 0.15) is 11.5 Å². The molecule has 0 unspecified atom stereocenters. The van der Waals surface area contributed by atoms with Crippen LogP contribution < -0.4 is 25.9 Å². The Balaban J connectivity index is 1.46. The molecule has 170 valence electrons. The maximum absolute atomic E-state index is 13.2. The van der Waals surface area contributed by atoms with Crippen molar-refractivity contribution < 1.29 is 22.7 Å². The summed E-state index contributed by atoms with van der Waals surface area (Å²) >= 11 is 0. The van der Waals surface area contributed by atoms with Crippen molar-refractivity contribution in [1.29, 1.82) is 0 Å². The third kappa shape index (κ3) is 5.50. The summed E-state index contributed by atoms with van der Waals surface area (Å²) in [4.78, 5) is 26.3. The third-order valence-corrected chi connectivity index (χ3v) is 4.64. The van der Waals surface area contributed by atoms with Crippen molar-refractivity contribution in [2.45, 2.75) is 12.6 Å². The lowest BCUT2D eigenvalue weighted by molar-refractivity contribution is -0.137. The van der Waals surface area contributed by atoms with Crippen LogP contribution in [0.15, 0.2) is 70.7 Å². The quantitative estimate of drug-likeness (QED) is 0.501. The van der Waals surface area contributed by atoms with E-state index >= 15 is 0 Å². The molecule has 0 aliphatic carbocycles. The van der Waals surface area contributed by atoms with Gasteiger partial charge in [0.05, 0.1) is 16.9 Å². The molecule has 1 aliphatic heterocycles. The molecule has 0 atom stereocenters. The molecule has 0 fully saturated rings. The van der Waals surface area contributed by atoms with Crippen LogP contribution in [0.5, 0.6) is 11.5 Å². The van der Waals surface area contributed by atoms with Crippen molar-refractivity contribution in [1.82, 2.24) is 4.98 Å². The Hall–Kier alpha value is -4.28. The van der Waals surface area contributed by atoms with Crippen molar-refractivity contribution in [3.63, 3.8) is 0 Å². The summed E-state index contributed by atoms with van der Waals surface area (Å²) in [6.07, 6.45) is -0.804. The first-order valence-electron chi connectivity index (χ1n) is 9.84. The number of hydrogen-bond donors (Lipinski definition) is 3. The number of carbonyl (C=O) groups is 1. The average Bonchev–Trinajstić information content (AvgIpc) is 3.29. The molecule has 2 aromatic carbocycles. The molecule has 11 heteroatoms. The van der Waals surface area contributed by atoms with E-state index in [2.05, 4.69) is 20.7 Å². The van der Waals surface area contributed by atoms with Gasteiger partial charge in [-0.1, -0.05) is 0 Å². The van der Waals surface area contributed by atoms with Gasteiger partial charge in [0.15, 0.2) is 0 Å². The number of aromatic amines is 1. The van der Waals surface area contributed by atoms with Gasteiger partial charge < -0.3 is 20.4 Å². The van der Waals surface area contributed by atoms with E-state index in [4.69, 9.17) is 4.74 Å². The van der Waals surface area contributed by atoms with Gasteiger partial charge in [-0.25, -0.2) is 4.79 Å². The lowest BCUT2D eigenvalue weighted by Gasteiger charge is -2.20. The number of H-pyrrole nitrogens is 1. The van der Waals surface area contributed by atoms with Crippen LogP contribution in [-0.2, 0) is 6.18 Å². The van der Waals surface area contributed by atoms with Gasteiger partial charge in [-0.3, -0.25) is 9.80 Å². The number of nitrogens with one attached hydrogen (secondary N) is 3. The standard InChI is InChI=1S/C22H18F3N5O3/c23-22(24,25)14-2-7-19(30-11-1-9-27-30)18(12-14)29-21(32)28-15-3-5-16(6-4-15)33-17-8-10-26-20(31)13-17/h2-10,12-13H,1,11H2,(H,26,31)(H2,28,29,32). The monoisotopic (exact) mass is 457 g/mol. The maximum Gasteiger partial charge on any atom is 0.416 e. The number of anilines is 3. The largest absolute Gasteiger partial charge is 0.457 e. The number of rotatable bonds is 5. The topological polar surface area (TPSA) is 98.8 Å². The molecule has 8 nitrogen and oxygen atoms in total. The van der Waals surface area contributed by atoms with Crippen LogP contribution in [0, 0.1) is 0 Å². The van der Waals surface area contributed by atoms with E-state index in [1.807, 2.05) is 0 Å². The van der Waals surface area contributed by atoms with Crippen LogP contribution in [0.3, 0.4) is 0 Å². The number of amides is 2. The van der Waals surface area contributed by atoms with E-state index in [0.717, 1.165) is 12.1 Å². The first-order valence-corrected chi connectivity index (χ1v) is 9.84. The number of alkyl halides is 3. The predicted octanol–water partition coefficient (Wildman–Crippen LogP) is 5.03. The van der Waals surface area contributed by atoms with Gasteiger partial charge in [-0.15, -0.1) is 0 Å². The molecule has 0 bridgehead atoms. The molecular formula is C22H18F3N5O3. The predicted molar refractivity (Wildman–Crippen MR) is 118 cm³/mol. The summed E-state index contributed by atoms with van der Waals surface area (Å²) in [6.45, 7) is 0.496. The summed E-state index contributed by atoms with van der Waals surface area (Å²) in [5.74, 6) is 0.775. The fourth-order valence-corrected chi connectivity index (χ4v) is 3.13. The lowest BCUT2D eigenvalue weighted by atomic mass is 10.1. The van der Waals surface area contributed by atoms with E-state index in [1.54, 1.807) is 36.5 Å². The lowest BCUT2D eigenvalue weighted by Crippen LogP contribution is -2.22. The summed E-state index contributed by atoms with van der Waals surface area (Å²) in [6, 6.07) is 11.5. The highest BCUT2D eigenvalue weighted by molar-refractivity contribution is 6.02. The van der Waals surface area contributed by atoms with Gasteiger partial charge in [0.25, 0.3) is 5.56 Å². The van der Waals surface area contributed by atoms with Crippen LogP contribution in [0.2, 0.25) is 0 Å². The van der Waals surface area contributed by atoms with Crippen molar-refractivity contribution >= 4 is 29.3 Å². The van der Waals surface area contributed by atoms with E-state index in [-0.39, 0.29) is 11.2 Å². The van der Waals surface area contributed by atoms with Crippen LogP contribution >= 0.6 is 0 Å². The molecule has 1 aliphatic rings. The Labute approximate surface area is 185 Å².